The molecule has 0 rings (SSSR count). The van der Waals surface area contributed by atoms with Crippen LogP contribution in [0.1, 0.15) is 6.92 Å². The van der Waals surface area contributed by atoms with Crippen LogP contribution >= 0.6 is 15.6 Å². The minimum atomic E-state index is -5.14. The maximum atomic E-state index is 8.77. The van der Waals surface area contributed by atoms with Crippen molar-refractivity contribution in [2.75, 3.05) is 0 Å². The van der Waals surface area contributed by atoms with Crippen LogP contribution in [0, 0.1) is 11.3 Å². The molecule has 0 atom stereocenters. The summed E-state index contributed by atoms with van der Waals surface area (Å²) in [7, 11) is -10.0. The van der Waals surface area contributed by atoms with Crippen molar-refractivity contribution in [3.05, 3.63) is 0 Å². The SMILES string of the molecule is CC#N.O=P([O-])(O)O.O=P([O-])([O-])O.[K+].[Na+].[Na+]. The van der Waals surface area contributed by atoms with Gasteiger partial charge in [-0.15, -0.1) is 0 Å². The first-order valence-corrected chi connectivity index (χ1v) is 5.26. The maximum Gasteiger partial charge on any atom is 1.00 e. The Labute approximate surface area is 179 Å². The summed E-state index contributed by atoms with van der Waals surface area (Å²) in [5, 5.41) is 7.32. The minimum Gasteiger partial charge on any atom is -0.790 e. The molecule has 0 aliphatic heterocycles. The zero-order valence-corrected chi connectivity index (χ0v) is 18.1. The van der Waals surface area contributed by atoms with Gasteiger partial charge in [0, 0.05) is 6.92 Å². The monoisotopic (exact) mass is 319 g/mol. The molecule has 0 amide bonds. The molecule has 14 heteroatoms. The summed E-state index contributed by atoms with van der Waals surface area (Å²) in [5.74, 6) is 0. The van der Waals surface area contributed by atoms with Crippen LogP contribution in [0.2, 0.25) is 0 Å². The Morgan fingerprint density at radius 3 is 1.06 bits per heavy atom. The molecule has 0 unspecified atom stereocenters. The third kappa shape index (κ3) is 414. The fourth-order valence-corrected chi connectivity index (χ4v) is 0. The van der Waals surface area contributed by atoms with Crippen molar-refractivity contribution in [2.45, 2.75) is 6.92 Å². The Kier molecular flexibility index (Phi) is 47.2. The summed E-state index contributed by atoms with van der Waals surface area (Å²) in [5.41, 5.74) is 0. The Morgan fingerprint density at radius 1 is 1.06 bits per heavy atom. The maximum absolute atomic E-state index is 8.77. The van der Waals surface area contributed by atoms with E-state index in [1.807, 2.05) is 0 Å². The van der Waals surface area contributed by atoms with Gasteiger partial charge in [0.2, 0.25) is 0 Å². The zero-order chi connectivity index (χ0) is 11.7. The van der Waals surface area contributed by atoms with Crippen molar-refractivity contribution >= 4 is 15.6 Å². The topological polar surface area (TPSA) is 188 Å². The van der Waals surface area contributed by atoms with Crippen LogP contribution in [0.25, 0.3) is 0 Å². The molecule has 0 spiro atoms. The molecular formula is C2H6KNNa2O8P2. The molecule has 0 aliphatic carbocycles. The van der Waals surface area contributed by atoms with E-state index >= 15 is 0 Å². The Bertz CT molecular complexity index is 208. The van der Waals surface area contributed by atoms with E-state index in [4.69, 9.17) is 43.8 Å². The molecule has 0 aliphatic rings. The fourth-order valence-electron chi connectivity index (χ4n) is 0. The molecule has 0 saturated carbocycles. The van der Waals surface area contributed by atoms with Gasteiger partial charge >= 0.3 is 110 Å². The molecule has 0 aromatic carbocycles. The second kappa shape index (κ2) is 20.7. The molecule has 0 bridgehead atoms. The van der Waals surface area contributed by atoms with Gasteiger partial charge in [-0.1, -0.05) is 0 Å². The van der Waals surface area contributed by atoms with Crippen LogP contribution in [0.15, 0.2) is 0 Å². The number of nitriles is 1. The van der Waals surface area contributed by atoms with Crippen LogP contribution in [-0.2, 0) is 9.13 Å². The summed E-state index contributed by atoms with van der Waals surface area (Å²) < 4.78 is 17.4. The molecule has 0 aromatic heterocycles. The van der Waals surface area contributed by atoms with Crippen molar-refractivity contribution in [3.8, 4) is 6.07 Å². The predicted octanol–water partition coefficient (Wildman–Crippen LogP) is -12.2. The van der Waals surface area contributed by atoms with Crippen LogP contribution in [0.5, 0.6) is 0 Å². The van der Waals surface area contributed by atoms with Gasteiger partial charge in [-0.3, -0.25) is 4.57 Å². The zero-order valence-electron chi connectivity index (χ0n) is 9.22. The van der Waals surface area contributed by atoms with E-state index in [2.05, 4.69) is 0 Å². The molecule has 3 N–H and O–H groups in total. The first-order valence-electron chi connectivity index (χ1n) is 2.24. The molecule has 0 heterocycles. The van der Waals surface area contributed by atoms with E-state index in [9.17, 15) is 0 Å². The van der Waals surface area contributed by atoms with Gasteiger partial charge < -0.3 is 33.9 Å². The summed E-state index contributed by atoms with van der Waals surface area (Å²) in [6, 6.07) is 1.75. The summed E-state index contributed by atoms with van der Waals surface area (Å²) in [6.45, 7) is 1.43. The second-order valence-electron chi connectivity index (χ2n) is 1.18. The van der Waals surface area contributed by atoms with Gasteiger partial charge in [0.1, 0.15) is 0 Å². The Hall–Kier alpha value is 3.35. The number of nitrogens with zero attached hydrogens (tertiary/aromatic N) is 1. The van der Waals surface area contributed by atoms with E-state index in [1.54, 1.807) is 6.07 Å². The van der Waals surface area contributed by atoms with Gasteiger partial charge in [-0.2, -0.15) is 5.26 Å². The molecular weight excluding hydrogens is 313 g/mol. The molecule has 16 heavy (non-hydrogen) atoms. The first kappa shape index (κ1) is 36.6. The Balaban J connectivity index is -0.0000000220. The van der Waals surface area contributed by atoms with Crippen LogP contribution in [-0.4, -0.2) is 14.7 Å². The molecule has 0 aromatic rings. The predicted molar refractivity (Wildman–Crippen MR) is 33.2 cm³/mol. The quantitative estimate of drug-likeness (QED) is 0.287. The molecule has 0 radical (unpaired) electrons. The van der Waals surface area contributed by atoms with Crippen molar-refractivity contribution in [2.24, 2.45) is 0 Å². The van der Waals surface area contributed by atoms with Crippen molar-refractivity contribution in [1.29, 1.82) is 5.26 Å². The summed E-state index contributed by atoms with van der Waals surface area (Å²) in [6.07, 6.45) is 0. The van der Waals surface area contributed by atoms with Crippen molar-refractivity contribution in [3.63, 3.8) is 0 Å². The number of phosphoric acid groups is 2. The summed E-state index contributed by atoms with van der Waals surface area (Å²) in [4.78, 5) is 47.2. The summed E-state index contributed by atoms with van der Waals surface area (Å²) >= 11 is 0. The van der Waals surface area contributed by atoms with E-state index in [0.29, 0.717) is 0 Å². The standard InChI is InChI=1S/C2H3N.K.2Na.2H3O4P/c1-2-3;;;;2*1-5(2,3)4/h1H3;;;;2*(H3,1,2,3,4)/q;3*+1;;/p-3. The number of rotatable bonds is 0. The van der Waals surface area contributed by atoms with Gasteiger partial charge in [0.05, 0.1) is 13.9 Å². The third-order valence-corrected chi connectivity index (χ3v) is 0. The van der Waals surface area contributed by atoms with Gasteiger partial charge in [-0.25, -0.2) is 0 Å². The van der Waals surface area contributed by atoms with Crippen LogP contribution in [0.3, 0.4) is 0 Å². The molecule has 0 fully saturated rings. The van der Waals surface area contributed by atoms with E-state index in [0.717, 1.165) is 0 Å². The minimum absolute atomic E-state index is 0. The normalized spacial score (nSPS) is 7.88. The molecule has 80 valence electrons. The van der Waals surface area contributed by atoms with Gasteiger partial charge in [-0.05, 0) is 0 Å². The molecule has 0 saturated heterocycles. The Morgan fingerprint density at radius 2 is 1.06 bits per heavy atom. The number of hydrogen-bond acceptors (Lipinski definition) is 6. The van der Waals surface area contributed by atoms with Crippen LogP contribution in [0.4, 0.5) is 0 Å². The number of hydrogen-bond donors (Lipinski definition) is 3. The van der Waals surface area contributed by atoms with Gasteiger partial charge in [0.15, 0.2) is 0 Å². The average Bonchev–Trinajstić information content (AvgIpc) is 1.52. The van der Waals surface area contributed by atoms with Crippen molar-refractivity contribution in [1.82, 2.24) is 0 Å². The fraction of sp³-hybridized carbons (Fsp3) is 0.500. The van der Waals surface area contributed by atoms with E-state index in [-0.39, 0.29) is 110 Å². The van der Waals surface area contributed by atoms with E-state index < -0.39 is 15.6 Å². The second-order valence-corrected chi connectivity index (χ2v) is 3.10. The third-order valence-electron chi connectivity index (χ3n) is 0. The smallest absolute Gasteiger partial charge is 0.790 e. The van der Waals surface area contributed by atoms with Crippen LogP contribution < -0.4 is 125 Å². The molecule has 9 nitrogen and oxygen atoms in total. The van der Waals surface area contributed by atoms with Gasteiger partial charge in [0.25, 0.3) is 7.82 Å². The van der Waals surface area contributed by atoms with Crippen molar-refractivity contribution < 1.29 is 149 Å². The average molecular weight is 319 g/mol. The van der Waals surface area contributed by atoms with E-state index in [1.165, 1.54) is 6.92 Å². The first-order chi connectivity index (χ1) is 5.41. The largest absolute Gasteiger partial charge is 1.00 e.